The summed E-state index contributed by atoms with van der Waals surface area (Å²) in [6.07, 6.45) is 1.80. The molecule has 3 N–H and O–H groups in total. The van der Waals surface area contributed by atoms with Crippen molar-refractivity contribution in [1.82, 2.24) is 5.32 Å². The highest BCUT2D eigenvalue weighted by Gasteiger charge is 2.26. The molecule has 0 aliphatic carbocycles. The van der Waals surface area contributed by atoms with Crippen molar-refractivity contribution >= 4 is 23.6 Å². The van der Waals surface area contributed by atoms with Crippen molar-refractivity contribution in [2.24, 2.45) is 0 Å². The van der Waals surface area contributed by atoms with Crippen LogP contribution < -0.4 is 5.32 Å². The van der Waals surface area contributed by atoms with Crippen LogP contribution in [0.2, 0.25) is 0 Å². The predicted molar refractivity (Wildman–Crippen MR) is 69.9 cm³/mol. The van der Waals surface area contributed by atoms with Crippen LogP contribution in [0.4, 0.5) is 13.2 Å². The van der Waals surface area contributed by atoms with Crippen molar-refractivity contribution in [3.8, 4) is 5.75 Å². The summed E-state index contributed by atoms with van der Waals surface area (Å²) in [5.74, 6) is -8.89. The smallest absolute Gasteiger partial charge is 0.326 e. The number of nitrogens with one attached hydrogen (secondary N) is 1. The van der Waals surface area contributed by atoms with E-state index in [4.69, 9.17) is 10.2 Å². The zero-order valence-electron chi connectivity index (χ0n) is 10.8. The molecular formula is C12H12F3NO4S. The summed E-state index contributed by atoms with van der Waals surface area (Å²) >= 11 is 1.34. The van der Waals surface area contributed by atoms with Gasteiger partial charge in [-0.3, -0.25) is 4.79 Å². The molecule has 0 heterocycles. The Morgan fingerprint density at radius 1 is 1.33 bits per heavy atom. The highest BCUT2D eigenvalue weighted by Crippen LogP contribution is 2.25. The fourth-order valence-electron chi connectivity index (χ4n) is 1.48. The first-order valence-corrected chi connectivity index (χ1v) is 7.08. The molecule has 1 aromatic rings. The van der Waals surface area contributed by atoms with E-state index in [-0.39, 0.29) is 12.5 Å². The number of hydrogen-bond acceptors (Lipinski definition) is 4. The number of carbonyl (C=O) groups is 2. The van der Waals surface area contributed by atoms with Gasteiger partial charge in [-0.1, -0.05) is 0 Å². The average molecular weight is 323 g/mol. The number of carbonyl (C=O) groups excluding carboxylic acids is 1. The molecule has 1 amide bonds. The van der Waals surface area contributed by atoms with E-state index in [1.54, 1.807) is 6.26 Å². The number of phenols is 1. The predicted octanol–water partition coefficient (Wildman–Crippen LogP) is 1.75. The van der Waals surface area contributed by atoms with Gasteiger partial charge in [0.25, 0.3) is 5.91 Å². The molecule has 1 rings (SSSR count). The van der Waals surface area contributed by atoms with Gasteiger partial charge in [0.15, 0.2) is 17.4 Å². The zero-order valence-corrected chi connectivity index (χ0v) is 11.6. The van der Waals surface area contributed by atoms with Gasteiger partial charge in [0.1, 0.15) is 6.04 Å². The highest BCUT2D eigenvalue weighted by atomic mass is 32.2. The van der Waals surface area contributed by atoms with Gasteiger partial charge in [-0.15, -0.1) is 0 Å². The molecule has 21 heavy (non-hydrogen) atoms. The fourth-order valence-corrected chi connectivity index (χ4v) is 1.96. The third kappa shape index (κ3) is 4.03. The molecule has 5 nitrogen and oxygen atoms in total. The Labute approximate surface area is 122 Å². The number of rotatable bonds is 6. The third-order valence-electron chi connectivity index (χ3n) is 2.59. The molecule has 9 heteroatoms. The Hall–Kier alpha value is -1.90. The minimum absolute atomic E-state index is 0.0690. The van der Waals surface area contributed by atoms with E-state index in [1.807, 2.05) is 5.32 Å². The normalized spacial score (nSPS) is 12.0. The SMILES string of the molecule is CSCCC(NC(=O)c1cc(F)c(F)c(O)c1F)C(=O)O. The van der Waals surface area contributed by atoms with Crippen LogP contribution in [0.25, 0.3) is 0 Å². The minimum atomic E-state index is -1.82. The number of benzene rings is 1. The first-order chi connectivity index (χ1) is 9.79. The summed E-state index contributed by atoms with van der Waals surface area (Å²) in [5.41, 5.74) is -0.971. The molecule has 1 atom stereocenters. The van der Waals surface area contributed by atoms with Crippen molar-refractivity contribution < 1.29 is 33.0 Å². The monoisotopic (exact) mass is 323 g/mol. The van der Waals surface area contributed by atoms with Crippen molar-refractivity contribution in [3.05, 3.63) is 29.1 Å². The number of aliphatic carboxylic acids is 1. The lowest BCUT2D eigenvalue weighted by molar-refractivity contribution is -0.139. The van der Waals surface area contributed by atoms with Gasteiger partial charge in [-0.2, -0.15) is 16.2 Å². The largest absolute Gasteiger partial charge is 0.503 e. The molecule has 0 radical (unpaired) electrons. The van der Waals surface area contributed by atoms with Gasteiger partial charge in [-0.05, 0) is 24.5 Å². The van der Waals surface area contributed by atoms with Crippen molar-refractivity contribution in [2.75, 3.05) is 12.0 Å². The second kappa shape index (κ2) is 7.21. The maximum Gasteiger partial charge on any atom is 0.326 e. The molecule has 0 spiro atoms. The summed E-state index contributed by atoms with van der Waals surface area (Å²) in [7, 11) is 0. The molecule has 0 aliphatic heterocycles. The number of carboxylic acid groups (broad SMARTS) is 1. The van der Waals surface area contributed by atoms with Crippen molar-refractivity contribution in [3.63, 3.8) is 0 Å². The maximum absolute atomic E-state index is 13.5. The van der Waals surface area contributed by atoms with Crippen LogP contribution in [0, 0.1) is 17.5 Å². The second-order valence-corrected chi connectivity index (χ2v) is 5.01. The fraction of sp³-hybridized carbons (Fsp3) is 0.333. The lowest BCUT2D eigenvalue weighted by Crippen LogP contribution is -2.41. The average Bonchev–Trinajstić information content (AvgIpc) is 2.44. The van der Waals surface area contributed by atoms with E-state index >= 15 is 0 Å². The molecular weight excluding hydrogens is 311 g/mol. The number of carboxylic acids is 1. The summed E-state index contributed by atoms with van der Waals surface area (Å²) in [6.45, 7) is 0. The molecule has 0 saturated carbocycles. The standard InChI is InChI=1S/C12H12F3NO4S/c1-21-3-2-7(12(19)20)16-11(18)5-4-6(13)9(15)10(17)8(5)14/h4,7,17H,2-3H2,1H3,(H,16,18)(H,19,20). The lowest BCUT2D eigenvalue weighted by atomic mass is 10.1. The van der Waals surface area contributed by atoms with E-state index in [0.717, 1.165) is 0 Å². The van der Waals surface area contributed by atoms with E-state index in [1.165, 1.54) is 11.8 Å². The van der Waals surface area contributed by atoms with Gasteiger partial charge < -0.3 is 15.5 Å². The molecule has 1 aromatic carbocycles. The van der Waals surface area contributed by atoms with E-state index in [0.29, 0.717) is 5.75 Å². The number of thioether (sulfide) groups is 1. The topological polar surface area (TPSA) is 86.6 Å². The van der Waals surface area contributed by atoms with Crippen LogP contribution in [-0.2, 0) is 4.79 Å². The number of aromatic hydroxyl groups is 1. The van der Waals surface area contributed by atoms with Crippen LogP contribution in [0.1, 0.15) is 16.8 Å². The Balaban J connectivity index is 3.00. The van der Waals surface area contributed by atoms with Crippen LogP contribution >= 0.6 is 11.8 Å². The van der Waals surface area contributed by atoms with Crippen LogP contribution in [-0.4, -0.2) is 40.1 Å². The van der Waals surface area contributed by atoms with E-state index in [2.05, 4.69) is 0 Å². The minimum Gasteiger partial charge on any atom is -0.503 e. The Kier molecular flexibility index (Phi) is 5.89. The Morgan fingerprint density at radius 3 is 2.48 bits per heavy atom. The van der Waals surface area contributed by atoms with Crippen LogP contribution in [0.15, 0.2) is 6.07 Å². The summed E-state index contributed by atoms with van der Waals surface area (Å²) < 4.78 is 39.5. The van der Waals surface area contributed by atoms with Gasteiger partial charge in [0.05, 0.1) is 5.56 Å². The molecule has 0 aromatic heterocycles. The first kappa shape index (κ1) is 17.2. The third-order valence-corrected chi connectivity index (χ3v) is 3.24. The van der Waals surface area contributed by atoms with Gasteiger partial charge in [-0.25, -0.2) is 13.6 Å². The first-order valence-electron chi connectivity index (χ1n) is 5.68. The van der Waals surface area contributed by atoms with Gasteiger partial charge >= 0.3 is 5.97 Å². The maximum atomic E-state index is 13.5. The zero-order chi connectivity index (χ0) is 16.2. The Morgan fingerprint density at radius 2 is 1.95 bits per heavy atom. The van der Waals surface area contributed by atoms with E-state index < -0.39 is 46.7 Å². The van der Waals surface area contributed by atoms with Crippen LogP contribution in [0.3, 0.4) is 0 Å². The molecule has 1 unspecified atom stereocenters. The molecule has 0 aliphatic rings. The highest BCUT2D eigenvalue weighted by molar-refractivity contribution is 7.98. The number of amides is 1. The van der Waals surface area contributed by atoms with Gasteiger partial charge in [0.2, 0.25) is 5.82 Å². The summed E-state index contributed by atoms with van der Waals surface area (Å²) in [4.78, 5) is 22.7. The quantitative estimate of drug-likeness (QED) is 0.694. The summed E-state index contributed by atoms with van der Waals surface area (Å²) in [5, 5.41) is 19.9. The number of halogens is 3. The van der Waals surface area contributed by atoms with Gasteiger partial charge in [0, 0.05) is 0 Å². The number of hydrogen-bond donors (Lipinski definition) is 3. The van der Waals surface area contributed by atoms with Crippen molar-refractivity contribution in [1.29, 1.82) is 0 Å². The van der Waals surface area contributed by atoms with Crippen LogP contribution in [0.5, 0.6) is 5.75 Å². The molecule has 116 valence electrons. The Bertz CT molecular complexity index is 568. The number of phenolic OH excluding ortho intramolecular Hbond substituents is 1. The molecule has 0 fully saturated rings. The molecule has 0 bridgehead atoms. The molecule has 0 saturated heterocycles. The van der Waals surface area contributed by atoms with Crippen molar-refractivity contribution in [2.45, 2.75) is 12.5 Å². The second-order valence-electron chi connectivity index (χ2n) is 4.03. The lowest BCUT2D eigenvalue weighted by Gasteiger charge is -2.14. The van der Waals surface area contributed by atoms with E-state index in [9.17, 15) is 22.8 Å². The summed E-state index contributed by atoms with van der Waals surface area (Å²) in [6, 6.07) is -1.05.